The molecule has 0 spiro atoms. The molecule has 0 amide bonds. The third kappa shape index (κ3) is 3.54. The highest BCUT2D eigenvalue weighted by molar-refractivity contribution is 5.50. The molecule has 19 heavy (non-hydrogen) atoms. The average molecular weight is 278 g/mol. The van der Waals surface area contributed by atoms with E-state index in [-0.39, 0.29) is 5.56 Å². The molecule has 0 unspecified atom stereocenters. The number of alkyl halides is 4. The van der Waals surface area contributed by atoms with Gasteiger partial charge in [-0.05, 0) is 6.07 Å². The Hall–Kier alpha value is -2.37. The molecule has 0 aromatic heterocycles. The predicted molar refractivity (Wildman–Crippen MR) is 54.3 cm³/mol. The topological polar surface area (TPSA) is 76.2 Å². The van der Waals surface area contributed by atoms with Gasteiger partial charge in [0.1, 0.15) is 17.4 Å². The second-order valence-corrected chi connectivity index (χ2v) is 3.40. The molecule has 5 nitrogen and oxygen atoms in total. The summed E-state index contributed by atoms with van der Waals surface area (Å²) in [4.78, 5) is 9.63. The standard InChI is InChI=1S/C10H6F4N2O3/c11-9(12)10(13,14)5-19-8-2-1-7(16(17)18)3-6(8)4-15/h1-3,9H,5H2. The molecule has 1 aromatic carbocycles. The van der Waals surface area contributed by atoms with Crippen LogP contribution in [0, 0.1) is 21.4 Å². The Labute approximate surface area is 104 Å². The summed E-state index contributed by atoms with van der Waals surface area (Å²) in [7, 11) is 0. The molecule has 0 aliphatic rings. The van der Waals surface area contributed by atoms with Gasteiger partial charge in [-0.15, -0.1) is 0 Å². The number of nitrogens with zero attached hydrogens (tertiary/aromatic N) is 2. The highest BCUT2D eigenvalue weighted by Gasteiger charge is 2.41. The lowest BCUT2D eigenvalue weighted by Crippen LogP contribution is -2.33. The van der Waals surface area contributed by atoms with Crippen LogP contribution in [0.5, 0.6) is 5.75 Å². The third-order valence-electron chi connectivity index (χ3n) is 2.03. The number of hydrogen-bond acceptors (Lipinski definition) is 4. The Morgan fingerprint density at radius 2 is 2.11 bits per heavy atom. The summed E-state index contributed by atoms with van der Waals surface area (Å²) >= 11 is 0. The highest BCUT2D eigenvalue weighted by Crippen LogP contribution is 2.27. The summed E-state index contributed by atoms with van der Waals surface area (Å²) in [6.45, 7) is -1.63. The van der Waals surface area contributed by atoms with Crippen LogP contribution in [0.4, 0.5) is 23.2 Å². The Morgan fingerprint density at radius 3 is 2.58 bits per heavy atom. The Balaban J connectivity index is 2.91. The fourth-order valence-electron chi connectivity index (χ4n) is 1.08. The smallest absolute Gasteiger partial charge is 0.340 e. The Morgan fingerprint density at radius 1 is 1.47 bits per heavy atom. The molecule has 1 aromatic rings. The number of nitro benzene ring substituents is 1. The van der Waals surface area contributed by atoms with E-state index in [1.165, 1.54) is 6.07 Å². The molecule has 0 atom stereocenters. The predicted octanol–water partition coefficient (Wildman–Crippen LogP) is 2.75. The second-order valence-electron chi connectivity index (χ2n) is 3.40. The van der Waals surface area contributed by atoms with Gasteiger partial charge in [-0.25, -0.2) is 8.78 Å². The first kappa shape index (κ1) is 14.7. The molecular weight excluding hydrogens is 272 g/mol. The highest BCUT2D eigenvalue weighted by atomic mass is 19.3. The number of hydrogen-bond donors (Lipinski definition) is 0. The van der Waals surface area contributed by atoms with Crippen LogP contribution in [0.3, 0.4) is 0 Å². The Bertz CT molecular complexity index is 528. The van der Waals surface area contributed by atoms with Crippen molar-refractivity contribution in [1.82, 2.24) is 0 Å². The normalized spacial score (nSPS) is 11.2. The van der Waals surface area contributed by atoms with Crippen molar-refractivity contribution in [2.45, 2.75) is 12.3 Å². The van der Waals surface area contributed by atoms with Gasteiger partial charge in [0.05, 0.1) is 4.92 Å². The van der Waals surface area contributed by atoms with Crippen molar-refractivity contribution in [2.24, 2.45) is 0 Å². The van der Waals surface area contributed by atoms with Gasteiger partial charge >= 0.3 is 12.3 Å². The summed E-state index contributed by atoms with van der Waals surface area (Å²) in [5.41, 5.74) is -0.830. The van der Waals surface area contributed by atoms with Gasteiger partial charge in [0, 0.05) is 12.1 Å². The number of non-ortho nitro benzene ring substituents is 1. The largest absolute Gasteiger partial charge is 0.486 e. The van der Waals surface area contributed by atoms with Crippen molar-refractivity contribution in [3.8, 4) is 11.8 Å². The van der Waals surface area contributed by atoms with Crippen molar-refractivity contribution in [2.75, 3.05) is 6.61 Å². The Kier molecular flexibility index (Phi) is 4.26. The van der Waals surface area contributed by atoms with Crippen LogP contribution in [0.15, 0.2) is 18.2 Å². The number of benzene rings is 1. The first-order valence-electron chi connectivity index (χ1n) is 4.75. The van der Waals surface area contributed by atoms with Crippen LogP contribution in [0.1, 0.15) is 5.56 Å². The fraction of sp³-hybridized carbons (Fsp3) is 0.300. The molecule has 0 aliphatic heterocycles. The quantitative estimate of drug-likeness (QED) is 0.471. The molecule has 0 aliphatic carbocycles. The molecule has 0 bridgehead atoms. The van der Waals surface area contributed by atoms with Gasteiger partial charge in [0.15, 0.2) is 6.61 Å². The minimum Gasteiger partial charge on any atom is -0.486 e. The van der Waals surface area contributed by atoms with Crippen LogP contribution in [-0.2, 0) is 0 Å². The van der Waals surface area contributed by atoms with Crippen LogP contribution >= 0.6 is 0 Å². The fourth-order valence-corrected chi connectivity index (χ4v) is 1.08. The van der Waals surface area contributed by atoms with Gasteiger partial charge in [-0.2, -0.15) is 14.0 Å². The first-order valence-corrected chi connectivity index (χ1v) is 4.75. The third-order valence-corrected chi connectivity index (χ3v) is 2.03. The summed E-state index contributed by atoms with van der Waals surface area (Å²) in [5, 5.41) is 19.1. The van der Waals surface area contributed by atoms with E-state index in [0.29, 0.717) is 0 Å². The van der Waals surface area contributed by atoms with Crippen molar-refractivity contribution < 1.29 is 27.2 Å². The van der Waals surface area contributed by atoms with Crippen molar-refractivity contribution in [1.29, 1.82) is 5.26 Å². The van der Waals surface area contributed by atoms with Gasteiger partial charge in [0.2, 0.25) is 0 Å². The van der Waals surface area contributed by atoms with E-state index in [0.717, 1.165) is 18.2 Å². The molecular formula is C10H6F4N2O3. The lowest BCUT2D eigenvalue weighted by molar-refractivity contribution is -0.384. The SMILES string of the molecule is N#Cc1cc([N+](=O)[O-])ccc1OCC(F)(F)C(F)F. The number of nitro groups is 1. The lowest BCUT2D eigenvalue weighted by Gasteiger charge is -2.16. The maximum Gasteiger partial charge on any atom is 0.340 e. The molecule has 0 heterocycles. The van der Waals surface area contributed by atoms with E-state index in [2.05, 4.69) is 4.74 Å². The summed E-state index contributed by atoms with van der Waals surface area (Å²) in [6, 6.07) is 4.11. The second kappa shape index (κ2) is 5.51. The molecule has 102 valence electrons. The van der Waals surface area contributed by atoms with Crippen molar-refractivity contribution in [3.05, 3.63) is 33.9 Å². The van der Waals surface area contributed by atoms with Crippen LogP contribution in [-0.4, -0.2) is 23.9 Å². The molecule has 0 radical (unpaired) electrons. The number of ether oxygens (including phenoxy) is 1. The van der Waals surface area contributed by atoms with Crippen LogP contribution in [0.25, 0.3) is 0 Å². The minimum absolute atomic E-state index is 0.390. The van der Waals surface area contributed by atoms with E-state index < -0.39 is 35.3 Å². The van der Waals surface area contributed by atoms with E-state index >= 15 is 0 Å². The minimum atomic E-state index is -4.37. The first-order chi connectivity index (χ1) is 8.77. The van der Waals surface area contributed by atoms with E-state index in [1.54, 1.807) is 0 Å². The molecule has 0 saturated heterocycles. The summed E-state index contributed by atoms with van der Waals surface area (Å²) < 4.78 is 53.4. The van der Waals surface area contributed by atoms with E-state index in [9.17, 15) is 27.7 Å². The maximum absolute atomic E-state index is 12.6. The molecule has 1 rings (SSSR count). The van der Waals surface area contributed by atoms with Crippen LogP contribution < -0.4 is 4.74 Å². The summed E-state index contributed by atoms with van der Waals surface area (Å²) in [5.74, 6) is -4.79. The number of halogens is 4. The zero-order chi connectivity index (χ0) is 14.6. The maximum atomic E-state index is 12.6. The number of nitriles is 1. The van der Waals surface area contributed by atoms with Gasteiger partial charge < -0.3 is 4.74 Å². The lowest BCUT2D eigenvalue weighted by atomic mass is 10.2. The zero-order valence-electron chi connectivity index (χ0n) is 9.15. The molecule has 0 fully saturated rings. The van der Waals surface area contributed by atoms with E-state index in [1.807, 2.05) is 0 Å². The van der Waals surface area contributed by atoms with Gasteiger partial charge in [0.25, 0.3) is 5.69 Å². The molecule has 9 heteroatoms. The molecule has 0 saturated carbocycles. The monoisotopic (exact) mass is 278 g/mol. The molecule has 0 N–H and O–H groups in total. The average Bonchev–Trinajstić information content (AvgIpc) is 2.35. The van der Waals surface area contributed by atoms with Crippen LogP contribution in [0.2, 0.25) is 0 Å². The van der Waals surface area contributed by atoms with E-state index in [4.69, 9.17) is 5.26 Å². The van der Waals surface area contributed by atoms with Gasteiger partial charge in [-0.1, -0.05) is 0 Å². The number of rotatable bonds is 5. The van der Waals surface area contributed by atoms with Crippen molar-refractivity contribution in [3.63, 3.8) is 0 Å². The van der Waals surface area contributed by atoms with Gasteiger partial charge in [-0.3, -0.25) is 10.1 Å². The zero-order valence-corrected chi connectivity index (χ0v) is 9.15. The summed E-state index contributed by atoms with van der Waals surface area (Å²) in [6.07, 6.45) is -3.91. The van der Waals surface area contributed by atoms with Crippen molar-refractivity contribution >= 4 is 5.69 Å².